The van der Waals surface area contributed by atoms with Gasteiger partial charge in [-0.3, -0.25) is 0 Å². The summed E-state index contributed by atoms with van der Waals surface area (Å²) >= 11 is 0. The molecule has 0 amide bonds. The number of benzene rings is 1. The van der Waals surface area contributed by atoms with E-state index in [1.807, 2.05) is 0 Å². The third-order valence-corrected chi connectivity index (χ3v) is 4.65. The van der Waals surface area contributed by atoms with Crippen LogP contribution >= 0.6 is 0 Å². The molecule has 2 atom stereocenters. The molecule has 0 aromatic heterocycles. The predicted octanol–water partition coefficient (Wildman–Crippen LogP) is 3.90. The summed E-state index contributed by atoms with van der Waals surface area (Å²) < 4.78 is 5.39. The topological polar surface area (TPSA) is 21.3 Å². The molecule has 0 aliphatic heterocycles. The van der Waals surface area contributed by atoms with Crippen LogP contribution in [0.25, 0.3) is 0 Å². The van der Waals surface area contributed by atoms with Gasteiger partial charge in [-0.2, -0.15) is 0 Å². The third-order valence-electron chi connectivity index (χ3n) is 4.65. The zero-order chi connectivity index (χ0) is 15.1. The maximum Gasteiger partial charge on any atom is 0.0543 e. The van der Waals surface area contributed by atoms with Gasteiger partial charge in [0.25, 0.3) is 0 Å². The van der Waals surface area contributed by atoms with Crippen LogP contribution < -0.4 is 5.32 Å². The van der Waals surface area contributed by atoms with Crippen LogP contribution in [0.2, 0.25) is 0 Å². The van der Waals surface area contributed by atoms with Crippen molar-refractivity contribution < 1.29 is 4.74 Å². The Morgan fingerprint density at radius 2 is 2.00 bits per heavy atom. The van der Waals surface area contributed by atoms with Crippen molar-refractivity contribution in [2.24, 2.45) is 0 Å². The zero-order valence-electron chi connectivity index (χ0n) is 14.0. The highest BCUT2D eigenvalue weighted by Crippen LogP contribution is 2.23. The summed E-state index contributed by atoms with van der Waals surface area (Å²) in [6.45, 7) is 5.50. The molecule has 118 valence electrons. The Bertz CT molecular complexity index is 430. The van der Waals surface area contributed by atoms with Crippen LogP contribution in [0, 0.1) is 0 Å². The molecule has 2 nitrogen and oxygen atoms in total. The van der Waals surface area contributed by atoms with E-state index in [9.17, 15) is 0 Å². The molecule has 1 aliphatic carbocycles. The first kappa shape index (κ1) is 16.5. The largest absolute Gasteiger partial charge is 0.382 e. The number of rotatable bonds is 9. The Labute approximate surface area is 130 Å². The third kappa shape index (κ3) is 5.12. The van der Waals surface area contributed by atoms with Gasteiger partial charge in [0, 0.05) is 13.2 Å². The first-order chi connectivity index (χ1) is 10.2. The summed E-state index contributed by atoms with van der Waals surface area (Å²) in [5.74, 6) is 0. The number of fused-ring (bicyclic) bond motifs is 1. The maximum absolute atomic E-state index is 5.39. The highest BCUT2D eigenvalue weighted by molar-refractivity contribution is 5.35. The van der Waals surface area contributed by atoms with E-state index in [0.29, 0.717) is 12.1 Å². The first-order valence-electron chi connectivity index (χ1n) is 8.59. The minimum Gasteiger partial charge on any atom is -0.382 e. The molecular formula is C19H31NO. The summed E-state index contributed by atoms with van der Waals surface area (Å²) in [6.07, 6.45) is 8.90. The quantitative estimate of drug-likeness (QED) is 0.744. The van der Waals surface area contributed by atoms with E-state index in [2.05, 4.69) is 37.4 Å². The summed E-state index contributed by atoms with van der Waals surface area (Å²) in [7, 11) is 1.81. The van der Waals surface area contributed by atoms with Crippen LogP contribution in [-0.4, -0.2) is 25.8 Å². The van der Waals surface area contributed by atoms with Crippen LogP contribution in [0.15, 0.2) is 18.2 Å². The molecule has 0 fully saturated rings. The van der Waals surface area contributed by atoms with Gasteiger partial charge in [-0.05, 0) is 75.1 Å². The second-order valence-corrected chi connectivity index (χ2v) is 6.44. The van der Waals surface area contributed by atoms with Gasteiger partial charge in [-0.25, -0.2) is 0 Å². The van der Waals surface area contributed by atoms with Crippen molar-refractivity contribution in [3.05, 3.63) is 34.9 Å². The molecule has 0 spiro atoms. The van der Waals surface area contributed by atoms with Crippen LogP contribution in [-0.2, 0) is 24.0 Å². The zero-order valence-corrected chi connectivity index (χ0v) is 14.0. The molecular weight excluding hydrogens is 258 g/mol. The second-order valence-electron chi connectivity index (χ2n) is 6.44. The Morgan fingerprint density at radius 1 is 1.19 bits per heavy atom. The highest BCUT2D eigenvalue weighted by Gasteiger charge is 2.14. The first-order valence-corrected chi connectivity index (χ1v) is 8.59. The van der Waals surface area contributed by atoms with Gasteiger partial charge in [-0.1, -0.05) is 25.1 Å². The van der Waals surface area contributed by atoms with E-state index in [1.165, 1.54) is 37.7 Å². The second kappa shape index (κ2) is 8.55. The monoisotopic (exact) mass is 289 g/mol. The molecule has 1 N–H and O–H groups in total. The van der Waals surface area contributed by atoms with E-state index >= 15 is 0 Å². The van der Waals surface area contributed by atoms with Crippen LogP contribution in [0.5, 0.6) is 0 Å². The Hall–Kier alpha value is -0.860. The molecule has 0 heterocycles. The van der Waals surface area contributed by atoms with Crippen molar-refractivity contribution in [2.45, 2.75) is 70.9 Å². The van der Waals surface area contributed by atoms with Gasteiger partial charge in [0.15, 0.2) is 0 Å². The molecule has 21 heavy (non-hydrogen) atoms. The molecule has 2 unspecified atom stereocenters. The van der Waals surface area contributed by atoms with E-state index in [1.54, 1.807) is 18.2 Å². The van der Waals surface area contributed by atoms with Gasteiger partial charge in [0.05, 0.1) is 6.10 Å². The molecule has 0 radical (unpaired) electrons. The minimum atomic E-state index is 0.357. The van der Waals surface area contributed by atoms with Crippen molar-refractivity contribution >= 4 is 0 Å². The summed E-state index contributed by atoms with van der Waals surface area (Å²) in [4.78, 5) is 0. The fourth-order valence-electron chi connectivity index (χ4n) is 3.22. The lowest BCUT2D eigenvalue weighted by Gasteiger charge is -2.21. The molecule has 1 aromatic rings. The molecule has 1 aromatic carbocycles. The number of hydrogen-bond acceptors (Lipinski definition) is 2. The van der Waals surface area contributed by atoms with Crippen molar-refractivity contribution in [1.29, 1.82) is 0 Å². The molecule has 1 aliphatic rings. The van der Waals surface area contributed by atoms with Gasteiger partial charge in [-0.15, -0.1) is 0 Å². The Kier molecular flexibility index (Phi) is 6.72. The maximum atomic E-state index is 5.39. The Balaban J connectivity index is 1.93. The number of ether oxygens (including phenoxy) is 1. The van der Waals surface area contributed by atoms with Crippen molar-refractivity contribution in [3.8, 4) is 0 Å². The number of methoxy groups -OCH3 is 1. The van der Waals surface area contributed by atoms with Crippen LogP contribution in [0.3, 0.4) is 0 Å². The lowest BCUT2D eigenvalue weighted by Crippen LogP contribution is -2.32. The normalized spacial score (nSPS) is 16.7. The van der Waals surface area contributed by atoms with E-state index < -0.39 is 0 Å². The average Bonchev–Trinajstić information content (AvgIpc) is 2.97. The predicted molar refractivity (Wildman–Crippen MR) is 90.0 cm³/mol. The molecule has 0 saturated heterocycles. The summed E-state index contributed by atoms with van der Waals surface area (Å²) in [6, 6.07) is 7.71. The SMILES string of the molecule is CCCNC(CCC(C)OC)Cc1ccc2c(c1)CCC2. The van der Waals surface area contributed by atoms with Gasteiger partial charge in [0.2, 0.25) is 0 Å². The highest BCUT2D eigenvalue weighted by atomic mass is 16.5. The number of hydrogen-bond donors (Lipinski definition) is 1. The molecule has 2 heteroatoms. The molecule has 2 rings (SSSR count). The summed E-state index contributed by atoms with van der Waals surface area (Å²) in [5.41, 5.74) is 4.66. The standard InChI is InChI=1S/C19H31NO/c1-4-12-20-19(11-8-15(2)21-3)14-16-9-10-17-6-5-7-18(17)13-16/h9-10,13,15,19-20H,4-8,11-12,14H2,1-3H3. The number of aryl methyl sites for hydroxylation is 2. The Morgan fingerprint density at radius 3 is 2.76 bits per heavy atom. The van der Waals surface area contributed by atoms with Crippen molar-refractivity contribution in [3.63, 3.8) is 0 Å². The van der Waals surface area contributed by atoms with Gasteiger partial charge in [0.1, 0.15) is 0 Å². The van der Waals surface area contributed by atoms with Crippen LogP contribution in [0.4, 0.5) is 0 Å². The van der Waals surface area contributed by atoms with E-state index in [-0.39, 0.29) is 0 Å². The minimum absolute atomic E-state index is 0.357. The average molecular weight is 289 g/mol. The van der Waals surface area contributed by atoms with Gasteiger partial charge >= 0.3 is 0 Å². The van der Waals surface area contributed by atoms with E-state index in [4.69, 9.17) is 4.74 Å². The molecule has 0 saturated carbocycles. The smallest absolute Gasteiger partial charge is 0.0543 e. The molecule has 0 bridgehead atoms. The van der Waals surface area contributed by atoms with Crippen molar-refractivity contribution in [2.75, 3.05) is 13.7 Å². The fourth-order valence-corrected chi connectivity index (χ4v) is 3.22. The van der Waals surface area contributed by atoms with E-state index in [0.717, 1.165) is 19.4 Å². The summed E-state index contributed by atoms with van der Waals surface area (Å²) in [5, 5.41) is 3.71. The van der Waals surface area contributed by atoms with Gasteiger partial charge < -0.3 is 10.1 Å². The fraction of sp³-hybridized carbons (Fsp3) is 0.684. The lowest BCUT2D eigenvalue weighted by molar-refractivity contribution is 0.106. The van der Waals surface area contributed by atoms with Crippen LogP contribution in [0.1, 0.15) is 56.2 Å². The lowest BCUT2D eigenvalue weighted by atomic mass is 9.97. The number of nitrogens with one attached hydrogen (secondary N) is 1. The van der Waals surface area contributed by atoms with Crippen molar-refractivity contribution in [1.82, 2.24) is 5.32 Å².